The normalized spacial score (nSPS) is 12.7. The lowest BCUT2D eigenvalue weighted by Crippen LogP contribution is -2.41. The van der Waals surface area contributed by atoms with Crippen LogP contribution in [0.25, 0.3) is 0 Å². The average molecular weight is 494 g/mol. The number of benzene rings is 1. The number of rotatable bonds is 14. The van der Waals surface area contributed by atoms with Gasteiger partial charge in [-0.2, -0.15) is 0 Å². The van der Waals surface area contributed by atoms with Crippen LogP contribution in [0.2, 0.25) is 0 Å². The molecule has 1 aromatic carbocycles. The zero-order valence-electron chi connectivity index (χ0n) is 21.8. The molecule has 0 aliphatic carbocycles. The van der Waals surface area contributed by atoms with Crippen molar-refractivity contribution in [3.05, 3.63) is 23.8 Å². The lowest BCUT2D eigenvalue weighted by Gasteiger charge is -2.18. The molecule has 9 heteroatoms. The molecule has 1 N–H and O–H groups in total. The highest BCUT2D eigenvalue weighted by molar-refractivity contribution is 5.78. The molecule has 1 rings (SSSR count). The van der Waals surface area contributed by atoms with Crippen LogP contribution < -0.4 is 14.8 Å². The molecule has 0 saturated heterocycles. The first-order valence-electron chi connectivity index (χ1n) is 12.0. The fourth-order valence-electron chi connectivity index (χ4n) is 2.99. The highest BCUT2D eigenvalue weighted by Gasteiger charge is 2.23. The van der Waals surface area contributed by atoms with Gasteiger partial charge in [0.05, 0.1) is 24.9 Å². The zero-order chi connectivity index (χ0) is 26.5. The van der Waals surface area contributed by atoms with Gasteiger partial charge in [0.2, 0.25) is 0 Å². The van der Waals surface area contributed by atoms with Crippen LogP contribution in [0.4, 0.5) is 0 Å². The quantitative estimate of drug-likeness (QED) is 0.236. The smallest absolute Gasteiger partial charge is 0.323 e. The van der Waals surface area contributed by atoms with Crippen molar-refractivity contribution >= 4 is 23.9 Å². The van der Waals surface area contributed by atoms with E-state index in [0.717, 1.165) is 12.8 Å². The Morgan fingerprint density at radius 2 is 1.46 bits per heavy atom. The molecule has 9 nitrogen and oxygen atoms in total. The van der Waals surface area contributed by atoms with Crippen molar-refractivity contribution in [3.63, 3.8) is 0 Å². The minimum atomic E-state index is -0.732. The second-order valence-electron chi connectivity index (χ2n) is 9.02. The van der Waals surface area contributed by atoms with Gasteiger partial charge in [0.25, 0.3) is 0 Å². The third-order valence-corrected chi connectivity index (χ3v) is 5.16. The number of carbonyl (C=O) groups is 4. The van der Waals surface area contributed by atoms with E-state index in [2.05, 4.69) is 5.32 Å². The van der Waals surface area contributed by atoms with Crippen molar-refractivity contribution in [1.29, 1.82) is 0 Å². The molecule has 0 radical (unpaired) electrons. The van der Waals surface area contributed by atoms with Gasteiger partial charge in [0, 0.05) is 6.54 Å². The van der Waals surface area contributed by atoms with E-state index in [-0.39, 0.29) is 54.8 Å². The molecule has 1 unspecified atom stereocenters. The van der Waals surface area contributed by atoms with Gasteiger partial charge in [-0.3, -0.25) is 19.2 Å². The first-order chi connectivity index (χ1) is 16.5. The third kappa shape index (κ3) is 10.5. The first kappa shape index (κ1) is 30.1. The fourth-order valence-corrected chi connectivity index (χ4v) is 2.99. The lowest BCUT2D eigenvalue weighted by atomic mass is 10.0. The Labute approximate surface area is 207 Å². The summed E-state index contributed by atoms with van der Waals surface area (Å²) in [5.74, 6) is -2.42. The summed E-state index contributed by atoms with van der Waals surface area (Å²) in [5, 5.41) is 3.04. The summed E-state index contributed by atoms with van der Waals surface area (Å²) in [6, 6.07) is 4.04. The second kappa shape index (κ2) is 15.1. The highest BCUT2D eigenvalue weighted by Crippen LogP contribution is 2.30. The van der Waals surface area contributed by atoms with Crippen molar-refractivity contribution in [1.82, 2.24) is 5.32 Å². The molecule has 0 spiro atoms. The summed E-state index contributed by atoms with van der Waals surface area (Å²) in [6.45, 7) is 11.0. The molecule has 0 bridgehead atoms. The number of hydrogen-bond donors (Lipinski definition) is 1. The maximum absolute atomic E-state index is 12.3. The minimum absolute atomic E-state index is 0.0951. The lowest BCUT2D eigenvalue weighted by molar-refractivity contribution is -0.148. The molecule has 0 aliphatic heterocycles. The molecule has 0 aromatic heterocycles. The van der Waals surface area contributed by atoms with Gasteiger partial charge in [0.15, 0.2) is 11.5 Å². The second-order valence-corrected chi connectivity index (χ2v) is 9.02. The zero-order valence-corrected chi connectivity index (χ0v) is 21.8. The van der Waals surface area contributed by atoms with Gasteiger partial charge < -0.3 is 24.3 Å². The van der Waals surface area contributed by atoms with Crippen LogP contribution in [0, 0.1) is 17.8 Å². The van der Waals surface area contributed by atoms with Gasteiger partial charge >= 0.3 is 23.9 Å². The van der Waals surface area contributed by atoms with Crippen LogP contribution in [0.3, 0.4) is 0 Å². The van der Waals surface area contributed by atoms with Crippen molar-refractivity contribution in [3.8, 4) is 11.5 Å². The highest BCUT2D eigenvalue weighted by atomic mass is 16.6. The molecule has 0 amide bonds. The minimum Gasteiger partial charge on any atom is -0.468 e. The molecule has 0 saturated carbocycles. The summed E-state index contributed by atoms with van der Waals surface area (Å²) in [4.78, 5) is 48.6. The maximum Gasteiger partial charge on any atom is 0.323 e. The van der Waals surface area contributed by atoms with Crippen molar-refractivity contribution < 1.29 is 38.1 Å². The van der Waals surface area contributed by atoms with E-state index in [1.165, 1.54) is 13.2 Å². The molecule has 2 atom stereocenters. The largest absolute Gasteiger partial charge is 0.468 e. The number of ether oxygens (including phenoxy) is 4. The van der Waals surface area contributed by atoms with E-state index in [9.17, 15) is 19.2 Å². The van der Waals surface area contributed by atoms with Crippen molar-refractivity contribution in [2.75, 3.05) is 20.3 Å². The Balaban J connectivity index is 2.95. The molecule has 196 valence electrons. The Morgan fingerprint density at radius 3 is 2.00 bits per heavy atom. The maximum atomic E-state index is 12.3. The van der Waals surface area contributed by atoms with Gasteiger partial charge in [-0.05, 0) is 30.5 Å². The van der Waals surface area contributed by atoms with Crippen LogP contribution in [0.15, 0.2) is 18.2 Å². The van der Waals surface area contributed by atoms with Crippen LogP contribution in [-0.4, -0.2) is 50.2 Å². The van der Waals surface area contributed by atoms with Crippen LogP contribution in [0.5, 0.6) is 11.5 Å². The van der Waals surface area contributed by atoms with Crippen LogP contribution in [0.1, 0.15) is 59.9 Å². The summed E-state index contributed by atoms with van der Waals surface area (Å²) in [5.41, 5.74) is 0.650. The topological polar surface area (TPSA) is 117 Å². The van der Waals surface area contributed by atoms with E-state index in [1.807, 2.05) is 13.8 Å². The van der Waals surface area contributed by atoms with E-state index in [1.54, 1.807) is 39.8 Å². The number of esters is 4. The first-order valence-corrected chi connectivity index (χ1v) is 12.0. The molecular formula is C26H39NO8. The Kier molecular flexibility index (Phi) is 13.0. The van der Waals surface area contributed by atoms with E-state index in [0.29, 0.717) is 5.56 Å². The molecular weight excluding hydrogens is 454 g/mol. The third-order valence-electron chi connectivity index (χ3n) is 5.16. The summed E-state index contributed by atoms with van der Waals surface area (Å²) in [7, 11) is 1.29. The fraction of sp³-hybridized carbons (Fsp3) is 0.615. The number of methoxy groups -OCH3 is 1. The summed E-state index contributed by atoms with van der Waals surface area (Å²) >= 11 is 0. The van der Waals surface area contributed by atoms with Crippen molar-refractivity contribution in [2.24, 2.45) is 17.8 Å². The average Bonchev–Trinajstić information content (AvgIpc) is 2.81. The molecule has 1 aromatic rings. The van der Waals surface area contributed by atoms with Gasteiger partial charge in [0.1, 0.15) is 12.6 Å². The summed E-state index contributed by atoms with van der Waals surface area (Å²) in [6.07, 6.45) is 1.85. The molecule has 0 heterocycles. The molecule has 35 heavy (non-hydrogen) atoms. The van der Waals surface area contributed by atoms with E-state index < -0.39 is 23.9 Å². The van der Waals surface area contributed by atoms with E-state index >= 15 is 0 Å². The Morgan fingerprint density at radius 1 is 0.857 bits per heavy atom. The number of hydrogen-bond acceptors (Lipinski definition) is 9. The molecule has 0 fully saturated rings. The molecule has 0 aliphatic rings. The predicted octanol–water partition coefficient (Wildman–Crippen LogP) is 3.46. The number of carbonyl (C=O) groups excluding carboxylic acids is 4. The monoisotopic (exact) mass is 493 g/mol. The Bertz CT molecular complexity index is 865. The SMILES string of the molecule is CCCC(C)C(=O)OCCN[C@@H](Cc1ccc(OC(=O)C(C)C)c(OC(=O)C(C)C)c1)C(=O)OC. The predicted molar refractivity (Wildman–Crippen MR) is 130 cm³/mol. The van der Waals surface area contributed by atoms with Crippen LogP contribution >= 0.6 is 0 Å². The standard InChI is InChI=1S/C26H39NO8/c1-8-9-18(6)25(30)33-13-12-27-20(26(31)32-7)14-19-10-11-21(34-23(28)16(2)3)22(15-19)35-24(29)17(4)5/h10-11,15-18,20,27H,8-9,12-14H2,1-7H3/t18?,20-/m0/s1. The van der Waals surface area contributed by atoms with Crippen LogP contribution in [-0.2, 0) is 35.1 Å². The van der Waals surface area contributed by atoms with Gasteiger partial charge in [-0.1, -0.05) is 54.0 Å². The number of nitrogens with one attached hydrogen (secondary N) is 1. The summed E-state index contributed by atoms with van der Waals surface area (Å²) < 4.78 is 21.0. The van der Waals surface area contributed by atoms with E-state index in [4.69, 9.17) is 18.9 Å². The van der Waals surface area contributed by atoms with Crippen molar-refractivity contribution in [2.45, 2.75) is 66.8 Å². The van der Waals surface area contributed by atoms with Gasteiger partial charge in [-0.25, -0.2) is 0 Å². The van der Waals surface area contributed by atoms with Gasteiger partial charge in [-0.15, -0.1) is 0 Å². The Hall–Kier alpha value is -2.94.